The van der Waals surface area contributed by atoms with Crippen LogP contribution in [0, 0.1) is 25.1 Å². The summed E-state index contributed by atoms with van der Waals surface area (Å²) in [7, 11) is -3.43. The molecule has 0 aliphatic rings. The van der Waals surface area contributed by atoms with Crippen LogP contribution >= 0.6 is 0 Å². The van der Waals surface area contributed by atoms with Crippen molar-refractivity contribution >= 4 is 15.7 Å². The number of amides is 1. The number of halogens is 1. The molecule has 0 aliphatic carbocycles. The highest BCUT2D eigenvalue weighted by atomic mass is 32.2. The fourth-order valence-corrected chi connectivity index (χ4v) is 3.00. The summed E-state index contributed by atoms with van der Waals surface area (Å²) in [5.74, 6) is 1.69. The molecule has 1 amide bonds. The van der Waals surface area contributed by atoms with Gasteiger partial charge in [-0.15, -0.1) is 6.42 Å². The van der Waals surface area contributed by atoms with E-state index in [4.69, 9.17) is 6.42 Å². The Morgan fingerprint density at radius 1 is 1.20 bits per heavy atom. The SMILES string of the molecule is C#CCN(Cc1ccc(F)cc1)C(=O)c1cc(S(C)(=O)=O)ccc1C. The second-order valence-electron chi connectivity index (χ2n) is 5.74. The summed E-state index contributed by atoms with van der Waals surface area (Å²) in [6.45, 7) is 1.98. The first-order chi connectivity index (χ1) is 11.7. The quantitative estimate of drug-likeness (QED) is 0.772. The van der Waals surface area contributed by atoms with Crippen LogP contribution in [0.15, 0.2) is 47.4 Å². The molecule has 0 spiro atoms. The van der Waals surface area contributed by atoms with Gasteiger partial charge in [0.25, 0.3) is 5.91 Å². The van der Waals surface area contributed by atoms with E-state index in [1.807, 2.05) is 0 Å². The van der Waals surface area contributed by atoms with Crippen LogP contribution < -0.4 is 0 Å². The third-order valence-corrected chi connectivity index (χ3v) is 4.83. The van der Waals surface area contributed by atoms with Gasteiger partial charge in [0.1, 0.15) is 5.82 Å². The molecule has 0 unspecified atom stereocenters. The highest BCUT2D eigenvalue weighted by Gasteiger charge is 2.20. The molecule has 0 atom stereocenters. The van der Waals surface area contributed by atoms with Crippen LogP contribution in [0.1, 0.15) is 21.5 Å². The second kappa shape index (κ2) is 7.49. The van der Waals surface area contributed by atoms with Crippen molar-refractivity contribution in [1.82, 2.24) is 4.90 Å². The number of carbonyl (C=O) groups excluding carboxylic acids is 1. The molecule has 0 N–H and O–H groups in total. The van der Waals surface area contributed by atoms with E-state index >= 15 is 0 Å². The topological polar surface area (TPSA) is 54.5 Å². The number of hydrogen-bond acceptors (Lipinski definition) is 3. The highest BCUT2D eigenvalue weighted by Crippen LogP contribution is 2.19. The number of aryl methyl sites for hydroxylation is 1. The van der Waals surface area contributed by atoms with Crippen LogP contribution in [0.5, 0.6) is 0 Å². The molecular formula is C19H18FNO3S. The van der Waals surface area contributed by atoms with E-state index in [0.29, 0.717) is 5.56 Å². The lowest BCUT2D eigenvalue weighted by Gasteiger charge is -2.22. The average molecular weight is 359 g/mol. The molecule has 0 heterocycles. The fraction of sp³-hybridized carbons (Fsp3) is 0.211. The minimum Gasteiger partial charge on any atom is -0.323 e. The zero-order chi connectivity index (χ0) is 18.6. The van der Waals surface area contributed by atoms with Gasteiger partial charge in [-0.2, -0.15) is 0 Å². The van der Waals surface area contributed by atoms with Crippen molar-refractivity contribution in [3.05, 3.63) is 65.0 Å². The van der Waals surface area contributed by atoms with E-state index in [2.05, 4.69) is 5.92 Å². The highest BCUT2D eigenvalue weighted by molar-refractivity contribution is 7.90. The molecule has 4 nitrogen and oxygen atoms in total. The summed E-state index contributed by atoms with van der Waals surface area (Å²) in [4.78, 5) is 14.4. The lowest BCUT2D eigenvalue weighted by molar-refractivity contribution is 0.0765. The first-order valence-corrected chi connectivity index (χ1v) is 9.39. The van der Waals surface area contributed by atoms with Crippen molar-refractivity contribution in [3.8, 4) is 12.3 Å². The molecule has 0 fully saturated rings. The molecule has 0 aliphatic heterocycles. The third-order valence-electron chi connectivity index (χ3n) is 3.72. The molecule has 0 saturated carbocycles. The van der Waals surface area contributed by atoms with E-state index in [-0.39, 0.29) is 35.3 Å². The number of carbonyl (C=O) groups is 1. The Labute approximate surface area is 147 Å². The van der Waals surface area contributed by atoms with E-state index in [1.54, 1.807) is 25.1 Å². The van der Waals surface area contributed by atoms with Gasteiger partial charge < -0.3 is 4.90 Å². The average Bonchev–Trinajstić information content (AvgIpc) is 2.55. The molecule has 25 heavy (non-hydrogen) atoms. The van der Waals surface area contributed by atoms with E-state index in [1.165, 1.54) is 29.2 Å². The fourth-order valence-electron chi connectivity index (χ4n) is 2.35. The summed E-state index contributed by atoms with van der Waals surface area (Å²) in [5, 5.41) is 0. The molecule has 2 rings (SSSR count). The van der Waals surface area contributed by atoms with Gasteiger partial charge in [-0.1, -0.05) is 24.1 Å². The predicted molar refractivity (Wildman–Crippen MR) is 94.3 cm³/mol. The Balaban J connectivity index is 2.37. The maximum absolute atomic E-state index is 13.0. The largest absolute Gasteiger partial charge is 0.323 e. The van der Waals surface area contributed by atoms with Crippen molar-refractivity contribution in [2.45, 2.75) is 18.4 Å². The maximum Gasteiger partial charge on any atom is 0.255 e. The number of nitrogens with zero attached hydrogens (tertiary/aromatic N) is 1. The van der Waals surface area contributed by atoms with E-state index < -0.39 is 9.84 Å². The standard InChI is InChI=1S/C19H18FNO3S/c1-4-11-21(13-15-6-8-16(20)9-7-15)19(22)18-12-17(25(3,23)24)10-5-14(18)2/h1,5-10,12H,11,13H2,2-3H3. The zero-order valence-corrected chi connectivity index (χ0v) is 14.8. The number of benzene rings is 2. The smallest absolute Gasteiger partial charge is 0.255 e. The Morgan fingerprint density at radius 3 is 2.40 bits per heavy atom. The summed E-state index contributed by atoms with van der Waals surface area (Å²) >= 11 is 0. The first-order valence-electron chi connectivity index (χ1n) is 7.50. The normalized spacial score (nSPS) is 11.0. The van der Waals surface area contributed by atoms with Crippen molar-refractivity contribution < 1.29 is 17.6 Å². The van der Waals surface area contributed by atoms with Crippen LogP contribution in [0.4, 0.5) is 4.39 Å². The molecule has 0 aromatic heterocycles. The van der Waals surface area contributed by atoms with Gasteiger partial charge in [-0.25, -0.2) is 12.8 Å². The van der Waals surface area contributed by atoms with E-state index in [9.17, 15) is 17.6 Å². The molecule has 130 valence electrons. The van der Waals surface area contributed by atoms with E-state index in [0.717, 1.165) is 11.8 Å². The molecule has 2 aromatic carbocycles. The number of terminal acetylenes is 1. The molecule has 6 heteroatoms. The van der Waals surface area contributed by atoms with Crippen molar-refractivity contribution in [3.63, 3.8) is 0 Å². The van der Waals surface area contributed by atoms with Gasteiger partial charge in [-0.3, -0.25) is 4.79 Å². The third kappa shape index (κ3) is 4.68. The van der Waals surface area contributed by atoms with Crippen LogP contribution in [0.2, 0.25) is 0 Å². The molecular weight excluding hydrogens is 341 g/mol. The summed E-state index contributed by atoms with van der Waals surface area (Å²) in [6, 6.07) is 10.2. The van der Waals surface area contributed by atoms with Gasteiger partial charge in [0.15, 0.2) is 9.84 Å². The lowest BCUT2D eigenvalue weighted by Crippen LogP contribution is -2.31. The minimum absolute atomic E-state index is 0.0543. The Kier molecular flexibility index (Phi) is 5.60. The van der Waals surface area contributed by atoms with Crippen LogP contribution in [-0.4, -0.2) is 32.0 Å². The first kappa shape index (κ1) is 18.7. The number of rotatable bonds is 5. The lowest BCUT2D eigenvalue weighted by atomic mass is 10.1. The minimum atomic E-state index is -3.43. The summed E-state index contributed by atoms with van der Waals surface area (Å²) in [6.07, 6.45) is 6.45. The maximum atomic E-state index is 13.0. The van der Waals surface area contributed by atoms with Gasteiger partial charge in [0.2, 0.25) is 0 Å². The van der Waals surface area contributed by atoms with Crippen LogP contribution in [0.25, 0.3) is 0 Å². The van der Waals surface area contributed by atoms with Crippen LogP contribution in [0.3, 0.4) is 0 Å². The second-order valence-corrected chi connectivity index (χ2v) is 7.76. The summed E-state index contributed by atoms with van der Waals surface area (Å²) < 4.78 is 36.5. The van der Waals surface area contributed by atoms with Gasteiger partial charge >= 0.3 is 0 Å². The summed E-state index contributed by atoms with van der Waals surface area (Å²) in [5.41, 5.74) is 1.65. The van der Waals surface area contributed by atoms with Gasteiger partial charge in [-0.05, 0) is 42.3 Å². The Bertz CT molecular complexity index is 928. The molecule has 0 saturated heterocycles. The van der Waals surface area contributed by atoms with Gasteiger partial charge in [0.05, 0.1) is 11.4 Å². The van der Waals surface area contributed by atoms with Crippen molar-refractivity contribution in [2.24, 2.45) is 0 Å². The predicted octanol–water partition coefficient (Wildman–Crippen LogP) is 2.81. The monoisotopic (exact) mass is 359 g/mol. The Morgan fingerprint density at radius 2 is 1.84 bits per heavy atom. The van der Waals surface area contributed by atoms with Gasteiger partial charge in [0, 0.05) is 18.4 Å². The molecule has 0 radical (unpaired) electrons. The van der Waals surface area contributed by atoms with Crippen molar-refractivity contribution in [2.75, 3.05) is 12.8 Å². The van der Waals surface area contributed by atoms with Crippen LogP contribution in [-0.2, 0) is 16.4 Å². The zero-order valence-electron chi connectivity index (χ0n) is 14.0. The Hall–Kier alpha value is -2.65. The molecule has 2 aromatic rings. The van der Waals surface area contributed by atoms with Crippen molar-refractivity contribution in [1.29, 1.82) is 0 Å². The number of sulfone groups is 1. The number of hydrogen-bond donors (Lipinski definition) is 0. The molecule has 0 bridgehead atoms.